The molecule has 0 aliphatic heterocycles. The number of benzene rings is 1. The first kappa shape index (κ1) is 22.3. The number of carbonyl (C=O) groups is 2. The average Bonchev–Trinajstić information content (AvgIpc) is 2.68. The molecule has 1 N–H and O–H groups in total. The Morgan fingerprint density at radius 1 is 1.24 bits per heavy atom. The number of likely N-dealkylation sites (N-methyl/N-ethyl adjacent to an activating group) is 1. The summed E-state index contributed by atoms with van der Waals surface area (Å²) in [7, 11) is 3.25. The van der Waals surface area contributed by atoms with Crippen molar-refractivity contribution in [3.63, 3.8) is 0 Å². The third kappa shape index (κ3) is 5.10. The molecule has 29 heavy (non-hydrogen) atoms. The first-order chi connectivity index (χ1) is 13.7. The third-order valence-corrected chi connectivity index (χ3v) is 4.85. The van der Waals surface area contributed by atoms with Crippen molar-refractivity contribution in [3.05, 3.63) is 58.7 Å². The first-order valence-electron chi connectivity index (χ1n) is 9.46. The zero-order chi connectivity index (χ0) is 21.7. The van der Waals surface area contributed by atoms with Crippen LogP contribution in [0.3, 0.4) is 0 Å². The maximum atomic E-state index is 13.9. The molecule has 0 aliphatic carbocycles. The average molecular weight is 401 g/mol. The second kappa shape index (κ2) is 9.49. The molecule has 0 spiro atoms. The van der Waals surface area contributed by atoms with Gasteiger partial charge in [-0.1, -0.05) is 26.0 Å². The number of nitrogens with one attached hydrogen (secondary N) is 1. The van der Waals surface area contributed by atoms with Gasteiger partial charge >= 0.3 is 0 Å². The Labute approximate surface area is 171 Å². The van der Waals surface area contributed by atoms with Crippen LogP contribution in [0.4, 0.5) is 4.39 Å². The molecule has 1 atom stereocenters. The summed E-state index contributed by atoms with van der Waals surface area (Å²) in [5.74, 6) is -0.952. The third-order valence-electron chi connectivity index (χ3n) is 4.85. The lowest BCUT2D eigenvalue weighted by Crippen LogP contribution is -2.50. The zero-order valence-corrected chi connectivity index (χ0v) is 17.7. The normalized spacial score (nSPS) is 11.9. The van der Waals surface area contributed by atoms with Crippen LogP contribution in [0.2, 0.25) is 0 Å². The number of halogens is 1. The van der Waals surface area contributed by atoms with Crippen LogP contribution >= 0.6 is 0 Å². The molecule has 0 saturated heterocycles. The number of hydrogen-bond acceptors (Lipinski definition) is 4. The number of ether oxygens (including phenoxy) is 1. The molecule has 2 rings (SSSR count). The highest BCUT2D eigenvalue weighted by atomic mass is 19.1. The van der Waals surface area contributed by atoms with Crippen molar-refractivity contribution in [1.29, 1.82) is 0 Å². The molecule has 0 bridgehead atoms. The van der Waals surface area contributed by atoms with E-state index in [1.807, 2.05) is 27.7 Å². The molecule has 0 fully saturated rings. The Morgan fingerprint density at radius 2 is 1.90 bits per heavy atom. The number of rotatable bonds is 7. The number of carbonyl (C=O) groups excluding carboxylic acids is 2. The van der Waals surface area contributed by atoms with Gasteiger partial charge in [-0.15, -0.1) is 0 Å². The Balaban J connectivity index is 2.18. The fraction of sp³-hybridized carbons (Fsp3) is 0.409. The van der Waals surface area contributed by atoms with E-state index in [0.29, 0.717) is 5.69 Å². The van der Waals surface area contributed by atoms with Crippen molar-refractivity contribution in [2.24, 2.45) is 5.92 Å². The predicted octanol–water partition coefficient (Wildman–Crippen LogP) is 3.26. The summed E-state index contributed by atoms with van der Waals surface area (Å²) in [5.41, 5.74) is 2.41. The molecular formula is C22H28FN3O3. The SMILES string of the molecule is COc1c(C)cnc(CN(C)C(=O)C(NC(=O)c2ccccc2F)C(C)C)c1C. The Kier molecular flexibility index (Phi) is 7.31. The predicted molar refractivity (Wildman–Crippen MR) is 109 cm³/mol. The standard InChI is InChI=1S/C22H28FN3O3/c1-13(2)19(25-21(27)16-9-7-8-10-17(16)23)22(28)26(5)12-18-15(4)20(29-6)14(3)11-24-18/h7-11,13,19H,12H2,1-6H3,(H,25,27). The maximum absolute atomic E-state index is 13.9. The van der Waals surface area contributed by atoms with Gasteiger partial charge in [-0.2, -0.15) is 0 Å². The van der Waals surface area contributed by atoms with E-state index < -0.39 is 17.8 Å². The monoisotopic (exact) mass is 401 g/mol. The maximum Gasteiger partial charge on any atom is 0.254 e. The fourth-order valence-corrected chi connectivity index (χ4v) is 3.15. The van der Waals surface area contributed by atoms with Gasteiger partial charge in [0.2, 0.25) is 5.91 Å². The van der Waals surface area contributed by atoms with Crippen LogP contribution < -0.4 is 10.1 Å². The van der Waals surface area contributed by atoms with E-state index in [2.05, 4.69) is 10.3 Å². The summed E-state index contributed by atoms with van der Waals surface area (Å²) in [6.07, 6.45) is 1.71. The van der Waals surface area contributed by atoms with Gasteiger partial charge in [0.25, 0.3) is 5.91 Å². The van der Waals surface area contributed by atoms with Gasteiger partial charge < -0.3 is 15.0 Å². The molecule has 1 aromatic heterocycles. The highest BCUT2D eigenvalue weighted by Gasteiger charge is 2.28. The summed E-state index contributed by atoms with van der Waals surface area (Å²) < 4.78 is 19.3. The van der Waals surface area contributed by atoms with Crippen LogP contribution in [0.15, 0.2) is 30.5 Å². The van der Waals surface area contributed by atoms with Crippen molar-refractivity contribution in [1.82, 2.24) is 15.2 Å². The lowest BCUT2D eigenvalue weighted by atomic mass is 10.0. The number of hydrogen-bond donors (Lipinski definition) is 1. The van der Waals surface area contributed by atoms with E-state index in [1.54, 1.807) is 26.4 Å². The molecule has 0 aliphatic rings. The Hall–Kier alpha value is -2.96. The van der Waals surface area contributed by atoms with Crippen LogP contribution in [0.25, 0.3) is 0 Å². The molecule has 1 unspecified atom stereocenters. The van der Waals surface area contributed by atoms with Gasteiger partial charge in [0.15, 0.2) is 0 Å². The molecule has 156 valence electrons. The largest absolute Gasteiger partial charge is 0.496 e. The van der Waals surface area contributed by atoms with E-state index in [4.69, 9.17) is 4.74 Å². The van der Waals surface area contributed by atoms with Crippen molar-refractivity contribution in [3.8, 4) is 5.75 Å². The van der Waals surface area contributed by atoms with E-state index in [9.17, 15) is 14.0 Å². The van der Waals surface area contributed by atoms with Gasteiger partial charge in [0.1, 0.15) is 17.6 Å². The van der Waals surface area contributed by atoms with Crippen molar-refractivity contribution in [2.45, 2.75) is 40.3 Å². The molecule has 1 heterocycles. The van der Waals surface area contributed by atoms with Gasteiger partial charge in [0.05, 0.1) is 24.9 Å². The summed E-state index contributed by atoms with van der Waals surface area (Å²) in [6.45, 7) is 7.73. The highest BCUT2D eigenvalue weighted by molar-refractivity contribution is 5.97. The van der Waals surface area contributed by atoms with E-state index in [0.717, 1.165) is 16.9 Å². The highest BCUT2D eigenvalue weighted by Crippen LogP contribution is 2.24. The van der Waals surface area contributed by atoms with E-state index in [-0.39, 0.29) is 23.9 Å². The fourth-order valence-electron chi connectivity index (χ4n) is 3.15. The van der Waals surface area contributed by atoms with Gasteiger partial charge in [-0.3, -0.25) is 14.6 Å². The van der Waals surface area contributed by atoms with E-state index in [1.165, 1.54) is 23.1 Å². The number of aryl methyl sites for hydroxylation is 1. The van der Waals surface area contributed by atoms with Crippen LogP contribution in [-0.4, -0.2) is 41.9 Å². The molecule has 7 heteroatoms. The second-order valence-electron chi connectivity index (χ2n) is 7.42. The minimum absolute atomic E-state index is 0.0885. The molecular weight excluding hydrogens is 373 g/mol. The van der Waals surface area contributed by atoms with Gasteiger partial charge in [-0.25, -0.2) is 4.39 Å². The molecule has 6 nitrogen and oxygen atoms in total. The summed E-state index contributed by atoms with van der Waals surface area (Å²) in [5, 5.41) is 2.67. The molecule has 2 aromatic rings. The number of pyridine rings is 1. The minimum atomic E-state index is -0.792. The van der Waals surface area contributed by atoms with Crippen LogP contribution in [0.5, 0.6) is 5.75 Å². The Morgan fingerprint density at radius 3 is 2.48 bits per heavy atom. The quantitative estimate of drug-likeness (QED) is 0.773. The number of aromatic nitrogens is 1. The molecule has 1 aromatic carbocycles. The smallest absolute Gasteiger partial charge is 0.254 e. The van der Waals surface area contributed by atoms with Crippen molar-refractivity contribution < 1.29 is 18.7 Å². The topological polar surface area (TPSA) is 71.5 Å². The number of methoxy groups -OCH3 is 1. The lowest BCUT2D eigenvalue weighted by molar-refractivity contribution is -0.133. The van der Waals surface area contributed by atoms with Crippen LogP contribution in [0.1, 0.15) is 41.0 Å². The zero-order valence-electron chi connectivity index (χ0n) is 17.7. The van der Waals surface area contributed by atoms with Crippen LogP contribution in [0, 0.1) is 25.6 Å². The van der Waals surface area contributed by atoms with Gasteiger partial charge in [-0.05, 0) is 31.9 Å². The summed E-state index contributed by atoms with van der Waals surface area (Å²) >= 11 is 0. The van der Waals surface area contributed by atoms with Gasteiger partial charge in [0, 0.05) is 24.4 Å². The minimum Gasteiger partial charge on any atom is -0.496 e. The lowest BCUT2D eigenvalue weighted by Gasteiger charge is -2.27. The summed E-state index contributed by atoms with van der Waals surface area (Å²) in [6, 6.07) is 4.90. The molecule has 0 radical (unpaired) electrons. The number of nitrogens with zero attached hydrogens (tertiary/aromatic N) is 2. The summed E-state index contributed by atoms with van der Waals surface area (Å²) in [4.78, 5) is 31.5. The molecule has 2 amide bonds. The van der Waals surface area contributed by atoms with Crippen LogP contribution in [-0.2, 0) is 11.3 Å². The van der Waals surface area contributed by atoms with Crippen molar-refractivity contribution >= 4 is 11.8 Å². The molecule has 0 saturated carbocycles. The van der Waals surface area contributed by atoms with Crippen molar-refractivity contribution in [2.75, 3.05) is 14.2 Å². The second-order valence-corrected chi connectivity index (χ2v) is 7.42. The first-order valence-corrected chi connectivity index (χ1v) is 9.46. The van der Waals surface area contributed by atoms with E-state index >= 15 is 0 Å². The Bertz CT molecular complexity index is 899. The number of amides is 2.